The molecule has 0 spiro atoms. The van der Waals surface area contributed by atoms with Gasteiger partial charge in [-0.15, -0.1) is 0 Å². The summed E-state index contributed by atoms with van der Waals surface area (Å²) in [5.74, 6) is 2.63. The van der Waals surface area contributed by atoms with E-state index >= 15 is 0 Å². The Kier molecular flexibility index (Phi) is 6.14. The first-order valence-electron chi connectivity index (χ1n) is 8.92. The second-order valence-electron chi connectivity index (χ2n) is 5.91. The van der Waals surface area contributed by atoms with Gasteiger partial charge in [-0.3, -0.25) is 0 Å². The number of amides is 2. The van der Waals surface area contributed by atoms with Gasteiger partial charge in [0, 0.05) is 43.1 Å². The fourth-order valence-electron chi connectivity index (χ4n) is 2.56. The van der Waals surface area contributed by atoms with Crippen LogP contribution in [-0.2, 0) is 0 Å². The summed E-state index contributed by atoms with van der Waals surface area (Å²) in [5.41, 5.74) is 1.51. The highest BCUT2D eigenvalue weighted by molar-refractivity contribution is 5.89. The zero-order valence-corrected chi connectivity index (χ0v) is 15.5. The molecule has 0 radical (unpaired) electrons. The molecule has 0 atom stereocenters. The molecule has 1 aromatic heterocycles. The quantitative estimate of drug-likeness (QED) is 0.552. The molecule has 1 aromatic carbocycles. The van der Waals surface area contributed by atoms with E-state index in [4.69, 9.17) is 9.47 Å². The van der Waals surface area contributed by atoms with Gasteiger partial charge in [-0.05, 0) is 26.0 Å². The minimum absolute atomic E-state index is 0.291. The number of carbonyl (C=O) groups is 1. The van der Waals surface area contributed by atoms with Crippen LogP contribution >= 0.6 is 0 Å². The molecule has 4 N–H and O–H groups in total. The number of anilines is 3. The second-order valence-corrected chi connectivity index (χ2v) is 5.91. The summed E-state index contributed by atoms with van der Waals surface area (Å²) in [5, 5.41) is 11.8. The van der Waals surface area contributed by atoms with Crippen LogP contribution in [-0.4, -0.2) is 48.8 Å². The summed E-state index contributed by atoms with van der Waals surface area (Å²) >= 11 is 0. The first-order chi connectivity index (χ1) is 13.1. The molecular formula is C18H24N6O3. The van der Waals surface area contributed by atoms with Gasteiger partial charge >= 0.3 is 6.03 Å². The molecule has 0 aliphatic carbocycles. The molecule has 0 unspecified atom stereocenters. The normalized spacial score (nSPS) is 12.2. The smallest absolute Gasteiger partial charge is 0.319 e. The molecule has 0 fully saturated rings. The van der Waals surface area contributed by atoms with E-state index in [-0.39, 0.29) is 6.03 Å². The minimum atomic E-state index is -0.291. The zero-order chi connectivity index (χ0) is 19.1. The molecule has 0 saturated carbocycles. The predicted molar refractivity (Wildman–Crippen MR) is 104 cm³/mol. The van der Waals surface area contributed by atoms with Crippen molar-refractivity contribution in [3.8, 4) is 11.5 Å². The zero-order valence-electron chi connectivity index (χ0n) is 15.5. The fourth-order valence-corrected chi connectivity index (χ4v) is 2.56. The number of benzene rings is 1. The third kappa shape index (κ3) is 5.37. The topological polar surface area (TPSA) is 109 Å². The van der Waals surface area contributed by atoms with Crippen LogP contribution in [0.3, 0.4) is 0 Å². The lowest BCUT2D eigenvalue weighted by molar-refractivity contribution is 0.171. The van der Waals surface area contributed by atoms with Crippen LogP contribution in [0, 0.1) is 6.92 Å². The summed E-state index contributed by atoms with van der Waals surface area (Å²) in [6.07, 6.45) is 0. The van der Waals surface area contributed by atoms with Gasteiger partial charge < -0.3 is 30.7 Å². The Hall–Kier alpha value is -3.23. The minimum Gasteiger partial charge on any atom is -0.486 e. The largest absolute Gasteiger partial charge is 0.486 e. The van der Waals surface area contributed by atoms with Crippen molar-refractivity contribution in [2.45, 2.75) is 13.8 Å². The molecule has 2 heterocycles. The highest BCUT2D eigenvalue weighted by Crippen LogP contribution is 2.32. The van der Waals surface area contributed by atoms with Crippen molar-refractivity contribution in [1.82, 2.24) is 15.3 Å². The van der Waals surface area contributed by atoms with E-state index in [2.05, 4.69) is 31.2 Å². The number of aromatic nitrogens is 2. The Morgan fingerprint density at radius 1 is 1.07 bits per heavy atom. The maximum absolute atomic E-state index is 12.0. The third-order valence-electron chi connectivity index (χ3n) is 3.71. The molecule has 3 rings (SSSR count). The fraction of sp³-hybridized carbons (Fsp3) is 0.389. The highest BCUT2D eigenvalue weighted by atomic mass is 16.6. The number of urea groups is 1. The number of rotatable bonds is 7. The number of fused-ring (bicyclic) bond motifs is 1. The van der Waals surface area contributed by atoms with Gasteiger partial charge in [0.15, 0.2) is 11.5 Å². The third-order valence-corrected chi connectivity index (χ3v) is 3.71. The number of hydrogen-bond donors (Lipinski definition) is 4. The van der Waals surface area contributed by atoms with Crippen molar-refractivity contribution in [2.24, 2.45) is 0 Å². The Morgan fingerprint density at radius 2 is 1.89 bits per heavy atom. The molecule has 0 bridgehead atoms. The number of nitrogens with one attached hydrogen (secondary N) is 4. The highest BCUT2D eigenvalue weighted by Gasteiger charge is 2.12. The van der Waals surface area contributed by atoms with E-state index < -0.39 is 0 Å². The predicted octanol–water partition coefficient (Wildman–Crippen LogP) is 2.22. The van der Waals surface area contributed by atoms with Crippen molar-refractivity contribution in [3.05, 3.63) is 30.0 Å². The van der Waals surface area contributed by atoms with Crippen molar-refractivity contribution in [3.63, 3.8) is 0 Å². The van der Waals surface area contributed by atoms with Crippen LogP contribution in [0.2, 0.25) is 0 Å². The Morgan fingerprint density at radius 3 is 2.70 bits per heavy atom. The molecule has 9 nitrogen and oxygen atoms in total. The molecule has 0 saturated heterocycles. The number of carbonyl (C=O) groups excluding carboxylic acids is 1. The Labute approximate surface area is 157 Å². The summed E-state index contributed by atoms with van der Waals surface area (Å²) in [7, 11) is 0. The molecule has 2 amide bonds. The second kappa shape index (κ2) is 8.93. The van der Waals surface area contributed by atoms with Crippen molar-refractivity contribution in [2.75, 3.05) is 48.8 Å². The maximum atomic E-state index is 12.0. The van der Waals surface area contributed by atoms with Gasteiger partial charge in [0.25, 0.3) is 0 Å². The molecule has 1 aliphatic rings. The van der Waals surface area contributed by atoms with Gasteiger partial charge in [0.05, 0.1) is 0 Å². The van der Waals surface area contributed by atoms with Crippen LogP contribution < -0.4 is 30.7 Å². The number of hydrogen-bond acceptors (Lipinski definition) is 7. The van der Waals surface area contributed by atoms with Gasteiger partial charge in [-0.2, -0.15) is 4.98 Å². The average molecular weight is 372 g/mol. The van der Waals surface area contributed by atoms with Gasteiger partial charge in [-0.1, -0.05) is 0 Å². The average Bonchev–Trinajstić information content (AvgIpc) is 2.65. The monoisotopic (exact) mass is 372 g/mol. The molecule has 1 aliphatic heterocycles. The molecular weight excluding hydrogens is 348 g/mol. The first-order valence-corrected chi connectivity index (χ1v) is 8.92. The summed E-state index contributed by atoms with van der Waals surface area (Å²) in [6, 6.07) is 6.87. The van der Waals surface area contributed by atoms with Crippen molar-refractivity contribution in [1.29, 1.82) is 0 Å². The lowest BCUT2D eigenvalue weighted by atomic mass is 10.2. The summed E-state index contributed by atoms with van der Waals surface area (Å²) < 4.78 is 11.0. The first kappa shape index (κ1) is 18.6. The van der Waals surface area contributed by atoms with Crippen LogP contribution in [0.25, 0.3) is 0 Å². The molecule has 9 heteroatoms. The van der Waals surface area contributed by atoms with E-state index in [1.54, 1.807) is 18.2 Å². The number of ether oxygens (including phenoxy) is 2. The van der Waals surface area contributed by atoms with E-state index in [0.717, 1.165) is 12.2 Å². The summed E-state index contributed by atoms with van der Waals surface area (Å²) in [6.45, 7) is 6.67. The molecule has 27 heavy (non-hydrogen) atoms. The van der Waals surface area contributed by atoms with E-state index in [0.29, 0.717) is 55.3 Å². The van der Waals surface area contributed by atoms with Gasteiger partial charge in [-0.25, -0.2) is 9.78 Å². The molecule has 144 valence electrons. The summed E-state index contributed by atoms with van der Waals surface area (Å²) in [4.78, 5) is 20.7. The number of aryl methyl sites for hydroxylation is 1. The standard InChI is InChI=1S/C18H24N6O3/c1-3-19-17-22-12(2)10-16(24-17)20-6-7-21-18(25)23-13-4-5-14-15(11-13)27-9-8-26-14/h4-5,10-11H,3,6-9H2,1-2H3,(H2,21,23,25)(H2,19,20,22,24). The molecule has 2 aromatic rings. The Balaban J connectivity index is 1.43. The van der Waals surface area contributed by atoms with E-state index in [1.165, 1.54) is 0 Å². The van der Waals surface area contributed by atoms with E-state index in [9.17, 15) is 4.79 Å². The van der Waals surface area contributed by atoms with Crippen LogP contribution in [0.15, 0.2) is 24.3 Å². The lowest BCUT2D eigenvalue weighted by Crippen LogP contribution is -2.32. The maximum Gasteiger partial charge on any atom is 0.319 e. The van der Waals surface area contributed by atoms with E-state index in [1.807, 2.05) is 19.9 Å². The van der Waals surface area contributed by atoms with Crippen molar-refractivity contribution >= 4 is 23.5 Å². The van der Waals surface area contributed by atoms with Crippen molar-refractivity contribution < 1.29 is 14.3 Å². The van der Waals surface area contributed by atoms with Gasteiger partial charge in [0.2, 0.25) is 5.95 Å². The SMILES string of the molecule is CCNc1nc(C)cc(NCCNC(=O)Nc2ccc3c(c2)OCCO3)n1. The Bertz CT molecular complexity index is 799. The van der Waals surface area contributed by atoms with Crippen LogP contribution in [0.1, 0.15) is 12.6 Å². The lowest BCUT2D eigenvalue weighted by Gasteiger charge is -2.19. The number of nitrogens with zero attached hydrogens (tertiary/aromatic N) is 2. The van der Waals surface area contributed by atoms with Crippen LogP contribution in [0.5, 0.6) is 11.5 Å². The van der Waals surface area contributed by atoms with Gasteiger partial charge in [0.1, 0.15) is 19.0 Å². The van der Waals surface area contributed by atoms with Crippen LogP contribution in [0.4, 0.5) is 22.2 Å².